The fourth-order valence-electron chi connectivity index (χ4n) is 2.96. The van der Waals surface area contributed by atoms with Crippen LogP contribution in [-0.2, 0) is 13.1 Å². The molecule has 0 unspecified atom stereocenters. The number of nitrogens with one attached hydrogen (secondary N) is 3. The van der Waals surface area contributed by atoms with E-state index in [1.165, 1.54) is 7.05 Å². The van der Waals surface area contributed by atoms with Crippen LogP contribution < -0.4 is 16.0 Å². The molecule has 0 radical (unpaired) electrons. The number of hydrogen-bond donors (Lipinski definition) is 4. The van der Waals surface area contributed by atoms with Gasteiger partial charge in [0, 0.05) is 56.1 Å². The Morgan fingerprint density at radius 3 is 2.52 bits per heavy atom. The SMILES string of the molecule is C=CCN1Cc2c(NCc3cccc(NC)c3F)cccc2C1=O.CNC(=O)O. The third-order valence-corrected chi connectivity index (χ3v) is 4.42. The largest absolute Gasteiger partial charge is 0.465 e. The monoisotopic (exact) mass is 400 g/mol. The lowest BCUT2D eigenvalue weighted by molar-refractivity contribution is 0.0796. The molecular weight excluding hydrogens is 375 g/mol. The highest BCUT2D eigenvalue weighted by molar-refractivity contribution is 6.00. The summed E-state index contributed by atoms with van der Waals surface area (Å²) in [4.78, 5) is 23.3. The minimum atomic E-state index is -0.995. The van der Waals surface area contributed by atoms with Crippen LogP contribution in [0.25, 0.3) is 0 Å². The van der Waals surface area contributed by atoms with Gasteiger partial charge in [-0.3, -0.25) is 4.79 Å². The number of halogens is 1. The third-order valence-electron chi connectivity index (χ3n) is 4.42. The van der Waals surface area contributed by atoms with Gasteiger partial charge < -0.3 is 26.0 Å². The van der Waals surface area contributed by atoms with Gasteiger partial charge in [-0.15, -0.1) is 6.58 Å². The average molecular weight is 400 g/mol. The second-order valence-electron chi connectivity index (χ2n) is 6.24. The van der Waals surface area contributed by atoms with Crippen molar-refractivity contribution in [3.8, 4) is 0 Å². The summed E-state index contributed by atoms with van der Waals surface area (Å²) >= 11 is 0. The van der Waals surface area contributed by atoms with Gasteiger partial charge in [-0.25, -0.2) is 9.18 Å². The molecule has 2 amide bonds. The highest BCUT2D eigenvalue weighted by Crippen LogP contribution is 2.30. The van der Waals surface area contributed by atoms with Crippen molar-refractivity contribution in [1.29, 1.82) is 0 Å². The van der Waals surface area contributed by atoms with Crippen LogP contribution in [0, 0.1) is 5.82 Å². The van der Waals surface area contributed by atoms with Crippen LogP contribution >= 0.6 is 0 Å². The highest BCUT2D eigenvalue weighted by atomic mass is 19.1. The zero-order chi connectivity index (χ0) is 21.4. The van der Waals surface area contributed by atoms with E-state index in [0.717, 1.165) is 11.3 Å². The molecule has 0 saturated heterocycles. The van der Waals surface area contributed by atoms with Gasteiger partial charge in [-0.1, -0.05) is 24.3 Å². The first kappa shape index (κ1) is 21.7. The lowest BCUT2D eigenvalue weighted by Crippen LogP contribution is -2.23. The van der Waals surface area contributed by atoms with E-state index in [-0.39, 0.29) is 11.7 Å². The molecule has 0 saturated carbocycles. The molecule has 7 nitrogen and oxygen atoms in total. The van der Waals surface area contributed by atoms with Crippen molar-refractivity contribution >= 4 is 23.4 Å². The summed E-state index contributed by atoms with van der Waals surface area (Å²) in [5.74, 6) is -0.249. The van der Waals surface area contributed by atoms with Crippen molar-refractivity contribution in [3.63, 3.8) is 0 Å². The van der Waals surface area contributed by atoms with E-state index in [0.29, 0.717) is 36.4 Å². The fourth-order valence-corrected chi connectivity index (χ4v) is 2.96. The summed E-state index contributed by atoms with van der Waals surface area (Å²) in [6.45, 7) is 5.11. The van der Waals surface area contributed by atoms with E-state index >= 15 is 0 Å². The number of carbonyl (C=O) groups is 2. The van der Waals surface area contributed by atoms with E-state index in [4.69, 9.17) is 5.11 Å². The van der Waals surface area contributed by atoms with Crippen LogP contribution in [0.5, 0.6) is 0 Å². The number of amides is 2. The Hall–Kier alpha value is -3.55. The van der Waals surface area contributed by atoms with Crippen molar-refractivity contribution in [2.45, 2.75) is 13.1 Å². The second kappa shape index (κ2) is 10.1. The Bertz CT molecular complexity index is 901. The van der Waals surface area contributed by atoms with Crippen LogP contribution in [-0.4, -0.2) is 42.6 Å². The van der Waals surface area contributed by atoms with Gasteiger partial charge in [0.15, 0.2) is 5.82 Å². The van der Waals surface area contributed by atoms with Gasteiger partial charge in [0.1, 0.15) is 0 Å². The molecule has 0 fully saturated rings. The quantitative estimate of drug-likeness (QED) is 0.557. The normalized spacial score (nSPS) is 11.8. The van der Waals surface area contributed by atoms with Crippen molar-refractivity contribution in [1.82, 2.24) is 10.2 Å². The van der Waals surface area contributed by atoms with Crippen LogP contribution in [0.1, 0.15) is 21.5 Å². The molecule has 1 aliphatic rings. The first-order valence-corrected chi connectivity index (χ1v) is 9.04. The Morgan fingerprint density at radius 2 is 1.90 bits per heavy atom. The maximum atomic E-state index is 14.3. The van der Waals surface area contributed by atoms with Crippen LogP contribution in [0.4, 0.5) is 20.6 Å². The number of hydrogen-bond acceptors (Lipinski definition) is 4. The first-order chi connectivity index (χ1) is 13.9. The Balaban J connectivity index is 0.000000537. The minimum absolute atomic E-state index is 0.0110. The average Bonchev–Trinajstić information content (AvgIpc) is 3.04. The van der Waals surface area contributed by atoms with E-state index in [1.54, 1.807) is 30.2 Å². The summed E-state index contributed by atoms with van der Waals surface area (Å²) in [5.41, 5.74) is 3.56. The van der Waals surface area contributed by atoms with Crippen molar-refractivity contribution in [2.75, 3.05) is 31.3 Å². The van der Waals surface area contributed by atoms with Gasteiger partial charge in [0.25, 0.3) is 5.91 Å². The topological polar surface area (TPSA) is 93.7 Å². The molecule has 1 heterocycles. The zero-order valence-corrected chi connectivity index (χ0v) is 16.5. The molecule has 29 heavy (non-hydrogen) atoms. The number of anilines is 2. The number of fused-ring (bicyclic) bond motifs is 1. The van der Waals surface area contributed by atoms with Crippen LogP contribution in [0.3, 0.4) is 0 Å². The molecule has 0 bridgehead atoms. The Morgan fingerprint density at radius 1 is 1.24 bits per heavy atom. The van der Waals surface area contributed by atoms with E-state index < -0.39 is 6.09 Å². The molecule has 1 aliphatic heterocycles. The molecule has 0 spiro atoms. The van der Waals surface area contributed by atoms with E-state index in [1.807, 2.05) is 29.6 Å². The molecule has 0 aliphatic carbocycles. The molecule has 0 aromatic heterocycles. The van der Waals surface area contributed by atoms with Gasteiger partial charge in [-0.2, -0.15) is 0 Å². The second-order valence-corrected chi connectivity index (χ2v) is 6.24. The minimum Gasteiger partial charge on any atom is -0.465 e. The van der Waals surface area contributed by atoms with Gasteiger partial charge in [0.05, 0.1) is 5.69 Å². The molecule has 2 aromatic rings. The molecule has 2 aromatic carbocycles. The molecule has 3 rings (SSSR count). The first-order valence-electron chi connectivity index (χ1n) is 9.04. The summed E-state index contributed by atoms with van der Waals surface area (Å²) in [6.07, 6.45) is 0.722. The smallest absolute Gasteiger partial charge is 0.404 e. The summed E-state index contributed by atoms with van der Waals surface area (Å²) in [6, 6.07) is 10.9. The Kier molecular flexibility index (Phi) is 7.59. The number of rotatable bonds is 6. The van der Waals surface area contributed by atoms with Crippen molar-refractivity contribution in [3.05, 3.63) is 71.6 Å². The summed E-state index contributed by atoms with van der Waals surface area (Å²) < 4.78 is 14.3. The zero-order valence-electron chi connectivity index (χ0n) is 16.5. The molecule has 0 atom stereocenters. The number of carboxylic acid groups (broad SMARTS) is 1. The molecule has 8 heteroatoms. The predicted octanol–water partition coefficient (Wildman–Crippen LogP) is 3.51. The fraction of sp³-hybridized carbons (Fsp3) is 0.238. The predicted molar refractivity (Wildman–Crippen MR) is 112 cm³/mol. The number of nitrogens with zero attached hydrogens (tertiary/aromatic N) is 1. The lowest BCUT2D eigenvalue weighted by atomic mass is 10.1. The third kappa shape index (κ3) is 5.25. The highest BCUT2D eigenvalue weighted by Gasteiger charge is 2.28. The Labute approximate surface area is 169 Å². The molecule has 4 N–H and O–H groups in total. The summed E-state index contributed by atoms with van der Waals surface area (Å²) in [7, 11) is 3.04. The van der Waals surface area contributed by atoms with E-state index in [9.17, 15) is 14.0 Å². The van der Waals surface area contributed by atoms with Crippen molar-refractivity contribution < 1.29 is 19.1 Å². The van der Waals surface area contributed by atoms with Crippen molar-refractivity contribution in [2.24, 2.45) is 0 Å². The number of carbonyl (C=O) groups excluding carboxylic acids is 1. The van der Waals surface area contributed by atoms with Gasteiger partial charge in [-0.05, 0) is 18.2 Å². The number of benzene rings is 2. The standard InChI is InChI=1S/C19H20FN3O.C2H5NO2/c1-3-10-23-12-15-14(19(23)24)7-5-8-16(15)22-11-13-6-4-9-17(21-2)18(13)20;1-3-2(4)5/h3-9,21-22H,1,10-12H2,2H3;3H,1H3,(H,4,5). The van der Waals surface area contributed by atoms with Crippen LogP contribution in [0.15, 0.2) is 49.1 Å². The van der Waals surface area contributed by atoms with Gasteiger partial charge in [0.2, 0.25) is 0 Å². The van der Waals surface area contributed by atoms with E-state index in [2.05, 4.69) is 17.2 Å². The summed E-state index contributed by atoms with van der Waals surface area (Å²) in [5, 5.41) is 15.7. The maximum absolute atomic E-state index is 14.3. The molecule has 154 valence electrons. The lowest BCUT2D eigenvalue weighted by Gasteiger charge is -2.14. The maximum Gasteiger partial charge on any atom is 0.404 e. The molecular formula is C21H25FN4O3. The van der Waals surface area contributed by atoms with Crippen LogP contribution in [0.2, 0.25) is 0 Å². The van der Waals surface area contributed by atoms with Gasteiger partial charge >= 0.3 is 6.09 Å².